The van der Waals surface area contributed by atoms with Crippen molar-refractivity contribution in [2.45, 2.75) is 39.4 Å². The molecule has 0 saturated heterocycles. The summed E-state index contributed by atoms with van der Waals surface area (Å²) in [5.41, 5.74) is 7.19. The van der Waals surface area contributed by atoms with Crippen LogP contribution < -0.4 is 9.92 Å². The summed E-state index contributed by atoms with van der Waals surface area (Å²) >= 11 is 3.91. The van der Waals surface area contributed by atoms with Gasteiger partial charge in [-0.3, -0.25) is 0 Å². The van der Waals surface area contributed by atoms with Crippen LogP contribution in [0.2, 0.25) is 13.1 Å². The second kappa shape index (κ2) is 8.43. The van der Waals surface area contributed by atoms with E-state index in [0.29, 0.717) is 12.1 Å². The van der Waals surface area contributed by atoms with Crippen LogP contribution in [0.3, 0.4) is 0 Å². The summed E-state index contributed by atoms with van der Waals surface area (Å²) in [5.74, 6) is 1.04. The van der Waals surface area contributed by atoms with E-state index >= 15 is 0 Å². The molecule has 0 amide bonds. The molecule has 0 radical (unpaired) electrons. The molecule has 2 aromatic carbocycles. The van der Waals surface area contributed by atoms with Gasteiger partial charge in [0.15, 0.2) is 0 Å². The molecule has 5 rings (SSSR count). The lowest BCUT2D eigenvalue weighted by Crippen LogP contribution is -2.48. The summed E-state index contributed by atoms with van der Waals surface area (Å²) in [4.78, 5) is 5.80. The van der Waals surface area contributed by atoms with Crippen LogP contribution in [0.4, 0.5) is 0 Å². The fourth-order valence-electron chi connectivity index (χ4n) is 5.33. The molecule has 2 heterocycles. The lowest BCUT2D eigenvalue weighted by Gasteiger charge is -2.34. The number of fused-ring (bicyclic) bond motifs is 3. The molecule has 4 heteroatoms. The second-order valence-corrected chi connectivity index (χ2v) is 16.7. The Morgan fingerprint density at radius 3 is 2.09 bits per heavy atom. The van der Waals surface area contributed by atoms with Crippen molar-refractivity contribution < 1.29 is 4.74 Å². The van der Waals surface area contributed by atoms with Crippen LogP contribution in [0.15, 0.2) is 67.3 Å². The minimum absolute atomic E-state index is 0.439. The smallest absolute Gasteiger partial charge is 0.126 e. The van der Waals surface area contributed by atoms with Crippen molar-refractivity contribution in [3.8, 4) is 26.6 Å². The fourth-order valence-corrected chi connectivity index (χ4v) is 11.5. The molecule has 0 aliphatic heterocycles. The zero-order valence-electron chi connectivity index (χ0n) is 20.0. The Labute approximate surface area is 206 Å². The zero-order chi connectivity index (χ0) is 23.3. The van der Waals surface area contributed by atoms with Crippen LogP contribution in [0.25, 0.3) is 20.9 Å². The minimum atomic E-state index is -2.06. The standard InChI is InChI=1S/C29H30OS2Si/c1-7-13-30-26-22(21-11-9-8-10-12-21)14-18(2)15-25(26)33(5,6)29-23-16-19(3)31-27(23)28-24(29)17-20(4)32-28/h7-12,14-17,29H,1,13H2,2-6H3. The number of hydrogen-bond donors (Lipinski definition) is 0. The van der Waals surface area contributed by atoms with Crippen LogP contribution in [-0.2, 0) is 0 Å². The van der Waals surface area contributed by atoms with Gasteiger partial charge in [-0.2, -0.15) is 0 Å². The first-order valence-corrected chi connectivity index (χ1v) is 16.2. The van der Waals surface area contributed by atoms with Gasteiger partial charge in [0.1, 0.15) is 12.4 Å². The molecule has 2 aromatic heterocycles. The van der Waals surface area contributed by atoms with Gasteiger partial charge in [-0.1, -0.05) is 67.7 Å². The third-order valence-electron chi connectivity index (χ3n) is 6.68. The Morgan fingerprint density at radius 1 is 0.909 bits per heavy atom. The second-order valence-electron chi connectivity index (χ2n) is 9.59. The van der Waals surface area contributed by atoms with Gasteiger partial charge in [-0.05, 0) is 60.8 Å². The molecule has 0 spiro atoms. The van der Waals surface area contributed by atoms with Gasteiger partial charge in [0.2, 0.25) is 0 Å². The molecule has 1 aliphatic carbocycles. The van der Waals surface area contributed by atoms with Crippen molar-refractivity contribution in [3.63, 3.8) is 0 Å². The minimum Gasteiger partial charge on any atom is -0.489 e. The topological polar surface area (TPSA) is 9.23 Å². The normalized spacial score (nSPS) is 13.1. The molecule has 0 bridgehead atoms. The van der Waals surface area contributed by atoms with E-state index in [0.717, 1.165) is 5.75 Å². The molecule has 33 heavy (non-hydrogen) atoms. The number of hydrogen-bond acceptors (Lipinski definition) is 3. The van der Waals surface area contributed by atoms with Gasteiger partial charge in [0.25, 0.3) is 0 Å². The first-order valence-electron chi connectivity index (χ1n) is 11.5. The highest BCUT2D eigenvalue weighted by Crippen LogP contribution is 2.55. The SMILES string of the molecule is C=CCOc1c(-c2ccccc2)cc(C)cc1[Si](C)(C)C1c2cc(C)sc2-c2sc(C)cc21. The third kappa shape index (κ3) is 3.74. The van der Waals surface area contributed by atoms with Gasteiger partial charge < -0.3 is 4.74 Å². The molecule has 0 saturated carbocycles. The Kier molecular flexibility index (Phi) is 5.72. The molecule has 1 nitrogen and oxygen atoms in total. The van der Waals surface area contributed by atoms with E-state index in [1.165, 1.54) is 52.5 Å². The zero-order valence-corrected chi connectivity index (χ0v) is 22.6. The quantitative estimate of drug-likeness (QED) is 0.197. The summed E-state index contributed by atoms with van der Waals surface area (Å²) in [5, 5.41) is 1.40. The number of thiophene rings is 2. The first kappa shape index (κ1) is 22.4. The number of benzene rings is 2. The van der Waals surface area contributed by atoms with Gasteiger partial charge in [0, 0.05) is 30.6 Å². The van der Waals surface area contributed by atoms with Gasteiger partial charge >= 0.3 is 0 Å². The predicted molar refractivity (Wildman–Crippen MR) is 148 cm³/mol. The van der Waals surface area contributed by atoms with E-state index in [2.05, 4.69) is 95.0 Å². The highest BCUT2D eigenvalue weighted by molar-refractivity contribution is 7.23. The summed E-state index contributed by atoms with van der Waals surface area (Å²) in [7, 11) is -2.06. The number of aryl methyl sites for hydroxylation is 3. The maximum atomic E-state index is 6.48. The van der Waals surface area contributed by atoms with Crippen molar-refractivity contribution in [1.29, 1.82) is 0 Å². The lowest BCUT2D eigenvalue weighted by molar-refractivity contribution is 0.367. The van der Waals surface area contributed by atoms with Gasteiger partial charge in [0.05, 0.1) is 8.07 Å². The molecule has 1 aliphatic rings. The summed E-state index contributed by atoms with van der Waals surface area (Å²) in [6.07, 6.45) is 1.85. The van der Waals surface area contributed by atoms with Crippen LogP contribution in [0.5, 0.6) is 5.75 Å². The Bertz CT molecular complexity index is 1300. The van der Waals surface area contributed by atoms with E-state index in [1.54, 1.807) is 0 Å². The third-order valence-corrected chi connectivity index (χ3v) is 12.8. The highest BCUT2D eigenvalue weighted by atomic mass is 32.1. The Hall–Kier alpha value is -2.40. The summed E-state index contributed by atoms with van der Waals surface area (Å²) in [6, 6.07) is 20.2. The Morgan fingerprint density at radius 2 is 1.52 bits per heavy atom. The molecular formula is C29H30OS2Si. The van der Waals surface area contributed by atoms with Crippen LogP contribution in [0, 0.1) is 20.8 Å². The van der Waals surface area contributed by atoms with Crippen molar-refractivity contribution >= 4 is 35.9 Å². The number of ether oxygens (including phenoxy) is 1. The number of rotatable bonds is 6. The summed E-state index contributed by atoms with van der Waals surface area (Å²) in [6.45, 7) is 16.2. The average Bonchev–Trinajstić information content (AvgIpc) is 3.41. The van der Waals surface area contributed by atoms with Crippen LogP contribution >= 0.6 is 22.7 Å². The summed E-state index contributed by atoms with van der Waals surface area (Å²) < 4.78 is 6.48. The maximum absolute atomic E-state index is 6.48. The van der Waals surface area contributed by atoms with E-state index in [4.69, 9.17) is 4.74 Å². The molecule has 4 aromatic rings. The lowest BCUT2D eigenvalue weighted by atomic mass is 10.0. The maximum Gasteiger partial charge on any atom is 0.126 e. The molecular weight excluding hydrogens is 457 g/mol. The van der Waals surface area contributed by atoms with Crippen molar-refractivity contribution in [2.24, 2.45) is 0 Å². The van der Waals surface area contributed by atoms with Gasteiger partial charge in [-0.15, -0.1) is 22.7 Å². The van der Waals surface area contributed by atoms with Crippen LogP contribution in [-0.4, -0.2) is 14.7 Å². The van der Waals surface area contributed by atoms with E-state index in [1.807, 2.05) is 28.7 Å². The predicted octanol–water partition coefficient (Wildman–Crippen LogP) is 8.23. The monoisotopic (exact) mass is 486 g/mol. The molecule has 0 fully saturated rings. The molecule has 0 N–H and O–H groups in total. The molecule has 0 unspecified atom stereocenters. The largest absolute Gasteiger partial charge is 0.489 e. The fraction of sp³-hybridized carbons (Fsp3) is 0.241. The Balaban J connectivity index is 1.75. The molecule has 168 valence electrons. The van der Waals surface area contributed by atoms with Crippen LogP contribution in [0.1, 0.15) is 32.0 Å². The van der Waals surface area contributed by atoms with Crippen molar-refractivity contribution in [2.75, 3.05) is 6.61 Å². The molecule has 0 atom stereocenters. The van der Waals surface area contributed by atoms with E-state index in [-0.39, 0.29) is 0 Å². The van der Waals surface area contributed by atoms with Gasteiger partial charge in [-0.25, -0.2) is 0 Å². The van der Waals surface area contributed by atoms with E-state index in [9.17, 15) is 0 Å². The first-order chi connectivity index (χ1) is 15.8. The van der Waals surface area contributed by atoms with Crippen molar-refractivity contribution in [3.05, 3.63) is 93.7 Å². The van der Waals surface area contributed by atoms with E-state index < -0.39 is 8.07 Å². The van der Waals surface area contributed by atoms with Crippen molar-refractivity contribution in [1.82, 2.24) is 0 Å². The highest BCUT2D eigenvalue weighted by Gasteiger charge is 2.45. The average molecular weight is 487 g/mol.